The van der Waals surface area contributed by atoms with Gasteiger partial charge in [-0.05, 0) is 32.9 Å². The number of amides is 1. The summed E-state index contributed by atoms with van der Waals surface area (Å²) in [5.74, 6) is 0.144. The molecule has 0 atom stereocenters. The van der Waals surface area contributed by atoms with E-state index in [0.29, 0.717) is 19.5 Å². The molecule has 0 bridgehead atoms. The van der Waals surface area contributed by atoms with Crippen LogP contribution in [0.1, 0.15) is 12.0 Å². The summed E-state index contributed by atoms with van der Waals surface area (Å²) in [6.07, 6.45) is 5.81. The van der Waals surface area contributed by atoms with Gasteiger partial charge in [0, 0.05) is 39.0 Å². The molecule has 2 heterocycles. The predicted octanol–water partition coefficient (Wildman–Crippen LogP) is 2.76. The van der Waals surface area contributed by atoms with Gasteiger partial charge < -0.3 is 9.47 Å². The highest BCUT2D eigenvalue weighted by Gasteiger charge is 2.10. The lowest BCUT2D eigenvalue weighted by Gasteiger charge is -2.16. The number of imidazole rings is 1. The number of aromatic nitrogens is 2. The van der Waals surface area contributed by atoms with Crippen LogP contribution in [0, 0.1) is 0 Å². The summed E-state index contributed by atoms with van der Waals surface area (Å²) in [6, 6.07) is 2.05. The van der Waals surface area contributed by atoms with Crippen molar-refractivity contribution < 1.29 is 4.79 Å². The molecule has 0 N–H and O–H groups in total. The van der Waals surface area contributed by atoms with Crippen LogP contribution in [0.15, 0.2) is 34.0 Å². The molecule has 6 heteroatoms. The average Bonchev–Trinajstić information content (AvgIpc) is 2.97. The van der Waals surface area contributed by atoms with Crippen molar-refractivity contribution in [3.05, 3.63) is 39.5 Å². The van der Waals surface area contributed by atoms with Crippen molar-refractivity contribution in [2.24, 2.45) is 0 Å². The fourth-order valence-electron chi connectivity index (χ4n) is 1.63. The number of rotatable bonds is 5. The van der Waals surface area contributed by atoms with Gasteiger partial charge in [0.1, 0.15) is 0 Å². The number of carbonyl (C=O) groups excluding carboxylic acids is 1. The van der Waals surface area contributed by atoms with E-state index in [9.17, 15) is 4.79 Å². The first-order valence-corrected chi connectivity index (χ1v) is 7.25. The lowest BCUT2D eigenvalue weighted by Crippen LogP contribution is -2.26. The summed E-state index contributed by atoms with van der Waals surface area (Å²) in [4.78, 5) is 17.6. The van der Waals surface area contributed by atoms with E-state index in [1.807, 2.05) is 23.9 Å². The Bertz CT molecular complexity index is 509. The predicted molar refractivity (Wildman–Crippen MR) is 75.3 cm³/mol. The Hall–Kier alpha value is -1.14. The van der Waals surface area contributed by atoms with E-state index in [2.05, 4.69) is 26.3 Å². The Labute approximate surface area is 118 Å². The second kappa shape index (κ2) is 6.15. The van der Waals surface area contributed by atoms with Gasteiger partial charge in [0.2, 0.25) is 5.91 Å². The third-order valence-electron chi connectivity index (χ3n) is 2.61. The molecule has 0 aliphatic rings. The van der Waals surface area contributed by atoms with Crippen molar-refractivity contribution in [2.45, 2.75) is 19.5 Å². The number of halogens is 1. The third kappa shape index (κ3) is 3.68. The van der Waals surface area contributed by atoms with Crippen molar-refractivity contribution in [3.63, 3.8) is 0 Å². The molecule has 1 amide bonds. The molecule has 0 radical (unpaired) electrons. The molecular weight excluding hydrogens is 314 g/mol. The molecule has 2 aromatic rings. The lowest BCUT2D eigenvalue weighted by atomic mass is 10.3. The fraction of sp³-hybridized carbons (Fsp3) is 0.333. The van der Waals surface area contributed by atoms with E-state index in [-0.39, 0.29) is 5.91 Å². The van der Waals surface area contributed by atoms with Crippen LogP contribution in [-0.2, 0) is 17.9 Å². The first-order chi connectivity index (χ1) is 8.65. The smallest absolute Gasteiger partial charge is 0.224 e. The molecule has 4 nitrogen and oxygen atoms in total. The molecule has 0 aliphatic heterocycles. The van der Waals surface area contributed by atoms with Crippen LogP contribution in [0.5, 0.6) is 0 Å². The second-order valence-electron chi connectivity index (χ2n) is 4.06. The number of nitrogens with zero attached hydrogens (tertiary/aromatic N) is 3. The Kier molecular flexibility index (Phi) is 4.54. The minimum atomic E-state index is 0.144. The molecule has 96 valence electrons. The SMILES string of the molecule is CN(Cc1csc(Br)c1)C(=O)CCn1ccnc1. The van der Waals surface area contributed by atoms with Crippen molar-refractivity contribution in [3.8, 4) is 0 Å². The molecule has 0 aliphatic carbocycles. The minimum Gasteiger partial charge on any atom is -0.341 e. The van der Waals surface area contributed by atoms with E-state index in [0.717, 1.165) is 9.35 Å². The first kappa shape index (κ1) is 13.3. The molecule has 0 fully saturated rings. The number of thiophene rings is 1. The van der Waals surface area contributed by atoms with Crippen molar-refractivity contribution >= 4 is 33.2 Å². The summed E-state index contributed by atoms with van der Waals surface area (Å²) in [5, 5.41) is 2.06. The van der Waals surface area contributed by atoms with Crippen LogP contribution in [0.4, 0.5) is 0 Å². The van der Waals surface area contributed by atoms with Crippen LogP contribution in [-0.4, -0.2) is 27.4 Å². The first-order valence-electron chi connectivity index (χ1n) is 5.58. The van der Waals surface area contributed by atoms with E-state index in [4.69, 9.17) is 0 Å². The van der Waals surface area contributed by atoms with Gasteiger partial charge in [-0.15, -0.1) is 11.3 Å². The van der Waals surface area contributed by atoms with Gasteiger partial charge in [-0.25, -0.2) is 4.98 Å². The lowest BCUT2D eigenvalue weighted by molar-refractivity contribution is -0.130. The molecule has 2 aromatic heterocycles. The van der Waals surface area contributed by atoms with Crippen LogP contribution >= 0.6 is 27.3 Å². The zero-order valence-electron chi connectivity index (χ0n) is 10.0. The molecule has 0 spiro atoms. The summed E-state index contributed by atoms with van der Waals surface area (Å²) in [7, 11) is 1.84. The molecule has 0 saturated heterocycles. The molecular formula is C12H14BrN3OS. The van der Waals surface area contributed by atoms with E-state index in [1.54, 1.807) is 28.8 Å². The molecule has 0 saturated carbocycles. The van der Waals surface area contributed by atoms with E-state index >= 15 is 0 Å². The summed E-state index contributed by atoms with van der Waals surface area (Å²) >= 11 is 5.06. The van der Waals surface area contributed by atoms with Crippen molar-refractivity contribution in [2.75, 3.05) is 7.05 Å². The van der Waals surface area contributed by atoms with Crippen LogP contribution in [0.2, 0.25) is 0 Å². The normalized spacial score (nSPS) is 10.6. The summed E-state index contributed by atoms with van der Waals surface area (Å²) in [6.45, 7) is 1.33. The second-order valence-corrected chi connectivity index (χ2v) is 6.35. The van der Waals surface area contributed by atoms with Gasteiger partial charge in [0.05, 0.1) is 10.1 Å². The molecule has 0 aromatic carbocycles. The van der Waals surface area contributed by atoms with Crippen molar-refractivity contribution in [1.82, 2.24) is 14.5 Å². The Balaban J connectivity index is 1.81. The van der Waals surface area contributed by atoms with Crippen LogP contribution in [0.3, 0.4) is 0 Å². The van der Waals surface area contributed by atoms with Gasteiger partial charge in [-0.1, -0.05) is 0 Å². The Morgan fingerprint density at radius 3 is 3.06 bits per heavy atom. The topological polar surface area (TPSA) is 38.1 Å². The highest BCUT2D eigenvalue weighted by Crippen LogP contribution is 2.21. The van der Waals surface area contributed by atoms with Gasteiger partial charge in [0.25, 0.3) is 0 Å². The van der Waals surface area contributed by atoms with Gasteiger partial charge in [-0.3, -0.25) is 4.79 Å². The maximum atomic E-state index is 11.9. The summed E-state index contributed by atoms with van der Waals surface area (Å²) in [5.41, 5.74) is 1.16. The maximum Gasteiger partial charge on any atom is 0.224 e. The Morgan fingerprint density at radius 1 is 1.61 bits per heavy atom. The zero-order valence-corrected chi connectivity index (χ0v) is 12.4. The van der Waals surface area contributed by atoms with Crippen molar-refractivity contribution in [1.29, 1.82) is 0 Å². The van der Waals surface area contributed by atoms with E-state index < -0.39 is 0 Å². The molecule has 2 rings (SSSR count). The number of hydrogen-bond donors (Lipinski definition) is 0. The highest BCUT2D eigenvalue weighted by molar-refractivity contribution is 9.11. The zero-order chi connectivity index (χ0) is 13.0. The number of hydrogen-bond acceptors (Lipinski definition) is 3. The standard InChI is InChI=1S/C12H14BrN3OS/c1-15(7-10-6-11(13)18-8-10)12(17)2-4-16-5-3-14-9-16/h3,5-6,8-9H,2,4,7H2,1H3. The number of aryl methyl sites for hydroxylation is 1. The number of carbonyl (C=O) groups is 1. The summed E-state index contributed by atoms with van der Waals surface area (Å²) < 4.78 is 3.00. The van der Waals surface area contributed by atoms with Gasteiger partial charge in [0.15, 0.2) is 0 Å². The third-order valence-corrected chi connectivity index (χ3v) is 4.16. The molecule has 0 unspecified atom stereocenters. The molecule has 18 heavy (non-hydrogen) atoms. The van der Waals surface area contributed by atoms with Gasteiger partial charge in [-0.2, -0.15) is 0 Å². The van der Waals surface area contributed by atoms with Gasteiger partial charge >= 0.3 is 0 Å². The van der Waals surface area contributed by atoms with Crippen LogP contribution in [0.25, 0.3) is 0 Å². The van der Waals surface area contributed by atoms with Crippen LogP contribution < -0.4 is 0 Å². The minimum absolute atomic E-state index is 0.144. The fourth-order valence-corrected chi connectivity index (χ4v) is 2.83. The highest BCUT2D eigenvalue weighted by atomic mass is 79.9. The van der Waals surface area contributed by atoms with E-state index in [1.165, 1.54) is 0 Å². The largest absolute Gasteiger partial charge is 0.341 e. The Morgan fingerprint density at radius 2 is 2.44 bits per heavy atom. The quantitative estimate of drug-likeness (QED) is 0.846. The maximum absolute atomic E-state index is 11.9. The monoisotopic (exact) mass is 327 g/mol. The average molecular weight is 328 g/mol.